The van der Waals surface area contributed by atoms with Crippen molar-refractivity contribution in [1.29, 1.82) is 0 Å². The van der Waals surface area contributed by atoms with Crippen LogP contribution in [0.5, 0.6) is 0 Å². The smallest absolute Gasteiger partial charge is 0.244 e. The summed E-state index contributed by atoms with van der Waals surface area (Å²) in [5, 5.41) is 0. The quantitative estimate of drug-likeness (QED) is 0.703. The van der Waals surface area contributed by atoms with Crippen LogP contribution < -0.4 is 4.90 Å². The van der Waals surface area contributed by atoms with Crippen LogP contribution in [-0.4, -0.2) is 62.9 Å². The molecule has 0 amide bonds. The van der Waals surface area contributed by atoms with Crippen molar-refractivity contribution in [2.45, 2.75) is 63.1 Å². The number of nitrogens with zero attached hydrogens (tertiary/aromatic N) is 3. The number of piperidine rings is 1. The molecule has 4 aliphatic rings. The Morgan fingerprint density at radius 2 is 1.84 bits per heavy atom. The Hall–Kier alpha value is -1.22. The van der Waals surface area contributed by atoms with Crippen LogP contribution in [0.25, 0.3) is 0 Å². The van der Waals surface area contributed by atoms with E-state index in [9.17, 15) is 8.42 Å². The van der Waals surface area contributed by atoms with Gasteiger partial charge >= 0.3 is 0 Å². The molecule has 0 aromatic carbocycles. The van der Waals surface area contributed by atoms with Gasteiger partial charge < -0.3 is 14.4 Å². The summed E-state index contributed by atoms with van der Waals surface area (Å²) < 4.78 is 40.4. The minimum absolute atomic E-state index is 0.279. The summed E-state index contributed by atoms with van der Waals surface area (Å²) in [6.45, 7) is 8.25. The Kier molecular flexibility index (Phi) is 5.78. The van der Waals surface area contributed by atoms with Crippen molar-refractivity contribution in [3.8, 4) is 0 Å². The SMILES string of the molecule is Cc1cc(N2CCCC(C3(C)OCCO3)C2)ncc1S(=O)(=O)N1CCC2CCC(C2)C1. The highest BCUT2D eigenvalue weighted by Crippen LogP contribution is 2.39. The fourth-order valence-electron chi connectivity index (χ4n) is 6.02. The van der Waals surface area contributed by atoms with E-state index < -0.39 is 15.8 Å². The topological polar surface area (TPSA) is 72.0 Å². The van der Waals surface area contributed by atoms with E-state index in [0.29, 0.717) is 43.0 Å². The lowest BCUT2D eigenvalue weighted by atomic mass is 9.90. The molecule has 1 aromatic rings. The number of aromatic nitrogens is 1. The van der Waals surface area contributed by atoms with E-state index in [-0.39, 0.29) is 5.92 Å². The minimum atomic E-state index is -3.51. The Bertz CT molecular complexity index is 915. The molecule has 0 N–H and O–H groups in total. The van der Waals surface area contributed by atoms with Gasteiger partial charge in [-0.15, -0.1) is 0 Å². The fraction of sp³-hybridized carbons (Fsp3) is 0.783. The molecule has 0 spiro atoms. The summed E-state index contributed by atoms with van der Waals surface area (Å²) in [5.41, 5.74) is 0.779. The number of rotatable bonds is 4. The second-order valence-corrected chi connectivity index (χ2v) is 11.9. The molecule has 3 unspecified atom stereocenters. The van der Waals surface area contributed by atoms with Crippen molar-refractivity contribution in [1.82, 2.24) is 9.29 Å². The number of aryl methyl sites for hydroxylation is 1. The Balaban J connectivity index is 1.33. The third-order valence-electron chi connectivity index (χ3n) is 7.91. The summed E-state index contributed by atoms with van der Waals surface area (Å²) in [6.07, 6.45) is 8.29. The van der Waals surface area contributed by atoms with Crippen LogP contribution in [0.2, 0.25) is 0 Å². The average molecular weight is 450 g/mol. The van der Waals surface area contributed by atoms with Gasteiger partial charge in [0.1, 0.15) is 10.7 Å². The molecular weight excluding hydrogens is 414 g/mol. The lowest BCUT2D eigenvalue weighted by Crippen LogP contribution is -2.47. The third kappa shape index (κ3) is 4.12. The average Bonchev–Trinajstić information content (AvgIpc) is 3.33. The van der Waals surface area contributed by atoms with E-state index >= 15 is 0 Å². The van der Waals surface area contributed by atoms with E-state index in [1.807, 2.05) is 19.9 Å². The fourth-order valence-corrected chi connectivity index (χ4v) is 7.70. The molecule has 5 rings (SSSR count). The second-order valence-electron chi connectivity index (χ2n) is 10.0. The van der Waals surface area contributed by atoms with Gasteiger partial charge in [-0.2, -0.15) is 4.31 Å². The number of anilines is 1. The van der Waals surface area contributed by atoms with Gasteiger partial charge in [0.15, 0.2) is 5.79 Å². The van der Waals surface area contributed by atoms with Crippen LogP contribution in [0.3, 0.4) is 0 Å². The van der Waals surface area contributed by atoms with Crippen LogP contribution in [0, 0.1) is 24.7 Å². The lowest BCUT2D eigenvalue weighted by Gasteiger charge is -2.40. The number of sulfonamides is 1. The first-order valence-electron chi connectivity index (χ1n) is 11.8. The van der Waals surface area contributed by atoms with E-state index in [2.05, 4.69) is 9.88 Å². The number of hydrogen-bond acceptors (Lipinski definition) is 6. The Morgan fingerprint density at radius 3 is 2.61 bits per heavy atom. The molecule has 31 heavy (non-hydrogen) atoms. The summed E-state index contributed by atoms with van der Waals surface area (Å²) in [6, 6.07) is 1.94. The Morgan fingerprint density at radius 1 is 1.06 bits per heavy atom. The highest BCUT2D eigenvalue weighted by Gasteiger charge is 2.42. The summed E-state index contributed by atoms with van der Waals surface area (Å²) >= 11 is 0. The highest BCUT2D eigenvalue weighted by molar-refractivity contribution is 7.89. The van der Waals surface area contributed by atoms with Crippen molar-refractivity contribution >= 4 is 15.8 Å². The zero-order chi connectivity index (χ0) is 21.6. The van der Waals surface area contributed by atoms with Crippen LogP contribution >= 0.6 is 0 Å². The maximum atomic E-state index is 13.4. The molecule has 1 aliphatic carbocycles. The summed E-state index contributed by atoms with van der Waals surface area (Å²) in [4.78, 5) is 7.23. The van der Waals surface area contributed by atoms with Gasteiger partial charge in [0.05, 0.1) is 13.2 Å². The molecule has 4 heterocycles. The molecule has 3 saturated heterocycles. The maximum Gasteiger partial charge on any atom is 0.244 e. The molecule has 0 radical (unpaired) electrons. The minimum Gasteiger partial charge on any atom is -0.356 e. The lowest BCUT2D eigenvalue weighted by molar-refractivity contribution is -0.182. The third-order valence-corrected chi connectivity index (χ3v) is 9.91. The highest BCUT2D eigenvalue weighted by atomic mass is 32.2. The second kappa shape index (κ2) is 8.28. The van der Waals surface area contributed by atoms with Crippen molar-refractivity contribution in [2.75, 3.05) is 44.3 Å². The van der Waals surface area contributed by atoms with E-state index in [4.69, 9.17) is 9.47 Å². The predicted octanol–water partition coefficient (Wildman–Crippen LogP) is 3.18. The van der Waals surface area contributed by atoms with Gasteiger partial charge in [0.2, 0.25) is 10.0 Å². The van der Waals surface area contributed by atoms with Gasteiger partial charge in [-0.3, -0.25) is 0 Å². The normalized spacial score (nSPS) is 31.7. The van der Waals surface area contributed by atoms with Gasteiger partial charge in [-0.1, -0.05) is 6.42 Å². The molecule has 1 saturated carbocycles. The molecule has 3 aliphatic heterocycles. The summed E-state index contributed by atoms with van der Waals surface area (Å²) in [7, 11) is -3.51. The first kappa shape index (κ1) is 21.6. The predicted molar refractivity (Wildman–Crippen MR) is 118 cm³/mol. The van der Waals surface area contributed by atoms with E-state index in [1.54, 1.807) is 10.5 Å². The van der Waals surface area contributed by atoms with Crippen molar-refractivity contribution in [3.05, 3.63) is 17.8 Å². The molecule has 8 heteroatoms. The number of fused-ring (bicyclic) bond motifs is 2. The largest absolute Gasteiger partial charge is 0.356 e. The first-order chi connectivity index (χ1) is 14.8. The number of pyridine rings is 1. The van der Waals surface area contributed by atoms with E-state index in [1.165, 1.54) is 12.8 Å². The summed E-state index contributed by atoms with van der Waals surface area (Å²) in [5.74, 6) is 1.82. The van der Waals surface area contributed by atoms with Gasteiger partial charge in [0.25, 0.3) is 0 Å². The molecule has 1 aromatic heterocycles. The first-order valence-corrected chi connectivity index (χ1v) is 13.3. The van der Waals surface area contributed by atoms with Crippen molar-refractivity contribution in [2.24, 2.45) is 17.8 Å². The van der Waals surface area contributed by atoms with Gasteiger partial charge in [-0.25, -0.2) is 13.4 Å². The van der Waals surface area contributed by atoms with Crippen LogP contribution in [-0.2, 0) is 19.5 Å². The van der Waals surface area contributed by atoms with Crippen LogP contribution in [0.15, 0.2) is 17.2 Å². The Labute approximate surface area is 186 Å². The zero-order valence-electron chi connectivity index (χ0n) is 18.8. The van der Waals surface area contributed by atoms with Gasteiger partial charge in [-0.05, 0) is 69.4 Å². The van der Waals surface area contributed by atoms with Gasteiger partial charge in [0, 0.05) is 38.3 Å². The molecule has 7 nitrogen and oxygen atoms in total. The van der Waals surface area contributed by atoms with E-state index in [0.717, 1.165) is 50.2 Å². The monoisotopic (exact) mass is 449 g/mol. The van der Waals surface area contributed by atoms with Crippen LogP contribution in [0.4, 0.5) is 5.82 Å². The molecular formula is C23H35N3O4S. The molecule has 172 valence electrons. The van der Waals surface area contributed by atoms with Crippen molar-refractivity contribution < 1.29 is 17.9 Å². The maximum absolute atomic E-state index is 13.4. The molecule has 3 atom stereocenters. The number of ether oxygens (including phenoxy) is 2. The standard InChI is InChI=1S/C23H35N3O4S/c1-17-12-22(25-8-3-4-20(16-25)23(2)29-10-11-30-23)24-14-21(17)31(27,28)26-9-7-18-5-6-19(13-18)15-26/h12,14,18-20H,3-11,13,15-16H2,1-2H3. The molecule has 4 fully saturated rings. The number of hydrogen-bond donors (Lipinski definition) is 0. The zero-order valence-corrected chi connectivity index (χ0v) is 19.6. The van der Waals surface area contributed by atoms with Crippen LogP contribution in [0.1, 0.15) is 51.0 Å². The van der Waals surface area contributed by atoms with Crippen molar-refractivity contribution in [3.63, 3.8) is 0 Å². The molecule has 2 bridgehead atoms.